The highest BCUT2D eigenvalue weighted by atomic mass is 16.5. The van der Waals surface area contributed by atoms with Crippen LogP contribution in [0.15, 0.2) is 5.10 Å². The van der Waals surface area contributed by atoms with Gasteiger partial charge in [0.05, 0.1) is 6.61 Å². The van der Waals surface area contributed by atoms with E-state index in [2.05, 4.69) is 5.10 Å². The van der Waals surface area contributed by atoms with Gasteiger partial charge in [0.2, 0.25) is 5.91 Å². The van der Waals surface area contributed by atoms with Gasteiger partial charge in [-0.05, 0) is 6.92 Å². The Kier molecular flexibility index (Phi) is 3.54. The largest absolute Gasteiger partial charge is 0.464 e. The molecule has 0 saturated carbocycles. The summed E-state index contributed by atoms with van der Waals surface area (Å²) < 4.78 is 4.78. The molecule has 6 heteroatoms. The lowest BCUT2D eigenvalue weighted by Gasteiger charge is -2.17. The van der Waals surface area contributed by atoms with Crippen LogP contribution < -0.4 is 0 Å². The normalized spacial score (nSPS) is 19.7. The number of aldehydes is 1. The van der Waals surface area contributed by atoms with Crippen LogP contribution in [-0.4, -0.2) is 41.5 Å². The van der Waals surface area contributed by atoms with Crippen molar-refractivity contribution in [3.63, 3.8) is 0 Å². The zero-order chi connectivity index (χ0) is 11.4. The van der Waals surface area contributed by atoms with E-state index >= 15 is 0 Å². The highest BCUT2D eigenvalue weighted by molar-refractivity contribution is 6.29. The summed E-state index contributed by atoms with van der Waals surface area (Å²) >= 11 is 0. The van der Waals surface area contributed by atoms with Crippen LogP contribution in [0.25, 0.3) is 0 Å². The lowest BCUT2D eigenvalue weighted by Crippen LogP contribution is -2.38. The zero-order valence-electron chi connectivity index (χ0n) is 8.60. The Bertz CT molecular complexity index is 324. The van der Waals surface area contributed by atoms with Gasteiger partial charge in [-0.3, -0.25) is 9.59 Å². The lowest BCUT2D eigenvalue weighted by molar-refractivity contribution is -0.153. The monoisotopic (exact) mass is 212 g/mol. The maximum absolute atomic E-state index is 11.4. The van der Waals surface area contributed by atoms with Crippen molar-refractivity contribution in [3.05, 3.63) is 0 Å². The van der Waals surface area contributed by atoms with Crippen LogP contribution in [-0.2, 0) is 19.1 Å². The first-order valence-electron chi connectivity index (χ1n) is 4.59. The second-order valence-corrected chi connectivity index (χ2v) is 3.04. The minimum Gasteiger partial charge on any atom is -0.464 e. The van der Waals surface area contributed by atoms with E-state index in [9.17, 15) is 14.4 Å². The molecular formula is C9H12N2O4. The molecule has 15 heavy (non-hydrogen) atoms. The molecule has 1 aliphatic rings. The molecule has 0 N–H and O–H groups in total. The van der Waals surface area contributed by atoms with E-state index in [1.165, 1.54) is 6.92 Å². The molecule has 0 radical (unpaired) electrons. The molecular weight excluding hydrogens is 200 g/mol. The predicted octanol–water partition coefficient (Wildman–Crippen LogP) is -0.275. The standard InChI is InChI=1S/C9H12N2O4/c1-3-15-9(14)8-4-7(5-12)10-11(8)6(2)13/h5,8H,3-4H2,1-2H3. The van der Waals surface area contributed by atoms with Crippen molar-refractivity contribution in [1.82, 2.24) is 5.01 Å². The Morgan fingerprint density at radius 3 is 2.80 bits per heavy atom. The molecule has 0 spiro atoms. The van der Waals surface area contributed by atoms with Crippen molar-refractivity contribution in [1.29, 1.82) is 0 Å². The quantitative estimate of drug-likeness (QED) is 0.476. The van der Waals surface area contributed by atoms with Gasteiger partial charge < -0.3 is 4.74 Å². The molecule has 1 atom stereocenters. The van der Waals surface area contributed by atoms with Crippen molar-refractivity contribution in [2.75, 3.05) is 6.61 Å². The summed E-state index contributed by atoms with van der Waals surface area (Å²) in [5.41, 5.74) is 0.184. The first kappa shape index (κ1) is 11.4. The second kappa shape index (κ2) is 4.68. The molecule has 0 aromatic rings. The van der Waals surface area contributed by atoms with E-state index in [-0.39, 0.29) is 24.6 Å². The molecule has 6 nitrogen and oxygen atoms in total. The van der Waals surface area contributed by atoms with Gasteiger partial charge in [-0.25, -0.2) is 9.80 Å². The zero-order valence-corrected chi connectivity index (χ0v) is 8.60. The second-order valence-electron chi connectivity index (χ2n) is 3.04. The highest BCUT2D eigenvalue weighted by Crippen LogP contribution is 2.16. The number of hydrazone groups is 1. The topological polar surface area (TPSA) is 76.0 Å². The Labute approximate surface area is 86.9 Å². The molecule has 1 heterocycles. The molecule has 0 aliphatic carbocycles. The predicted molar refractivity (Wildman–Crippen MR) is 51.1 cm³/mol. The summed E-state index contributed by atoms with van der Waals surface area (Å²) in [5, 5.41) is 4.71. The van der Waals surface area contributed by atoms with E-state index in [1.54, 1.807) is 6.92 Å². The number of rotatable bonds is 3. The van der Waals surface area contributed by atoms with Crippen LogP contribution in [0.4, 0.5) is 0 Å². The maximum Gasteiger partial charge on any atom is 0.331 e. The van der Waals surface area contributed by atoms with Crippen LogP contribution in [0.5, 0.6) is 0 Å². The number of nitrogens with zero attached hydrogens (tertiary/aromatic N) is 2. The highest BCUT2D eigenvalue weighted by Gasteiger charge is 2.35. The van der Waals surface area contributed by atoms with E-state index in [0.717, 1.165) is 5.01 Å². The summed E-state index contributed by atoms with van der Waals surface area (Å²) in [7, 11) is 0. The molecule has 0 aromatic heterocycles. The maximum atomic E-state index is 11.4. The van der Waals surface area contributed by atoms with E-state index in [4.69, 9.17) is 4.74 Å². The van der Waals surface area contributed by atoms with Gasteiger partial charge in [0, 0.05) is 13.3 Å². The third-order valence-electron chi connectivity index (χ3n) is 1.95. The Morgan fingerprint density at radius 1 is 1.67 bits per heavy atom. The number of ether oxygens (including phenoxy) is 1. The van der Waals surface area contributed by atoms with Crippen LogP contribution in [0.3, 0.4) is 0 Å². The smallest absolute Gasteiger partial charge is 0.331 e. The third kappa shape index (κ3) is 2.39. The first-order chi connectivity index (χ1) is 7.10. The van der Waals surface area contributed by atoms with Crippen LogP contribution in [0.1, 0.15) is 20.3 Å². The average molecular weight is 212 g/mol. The van der Waals surface area contributed by atoms with Gasteiger partial charge >= 0.3 is 5.97 Å². The minimum atomic E-state index is -0.789. The first-order valence-corrected chi connectivity index (χ1v) is 4.59. The van der Waals surface area contributed by atoms with Gasteiger partial charge in [0.15, 0.2) is 12.3 Å². The summed E-state index contributed by atoms with van der Waals surface area (Å²) in [6.45, 7) is 3.19. The van der Waals surface area contributed by atoms with Crippen molar-refractivity contribution in [2.45, 2.75) is 26.3 Å². The van der Waals surface area contributed by atoms with E-state index in [1.807, 2.05) is 0 Å². The van der Waals surface area contributed by atoms with Crippen molar-refractivity contribution in [2.24, 2.45) is 5.10 Å². The molecule has 1 amide bonds. The fourth-order valence-corrected chi connectivity index (χ4v) is 1.32. The van der Waals surface area contributed by atoms with Crippen molar-refractivity contribution >= 4 is 23.9 Å². The number of carbonyl (C=O) groups excluding carboxylic acids is 3. The Balaban J connectivity index is 2.79. The summed E-state index contributed by atoms with van der Waals surface area (Å²) in [6, 6.07) is -0.789. The minimum absolute atomic E-state index is 0.127. The summed E-state index contributed by atoms with van der Waals surface area (Å²) in [4.78, 5) is 33.0. The fraction of sp³-hybridized carbons (Fsp3) is 0.556. The number of esters is 1. The van der Waals surface area contributed by atoms with E-state index in [0.29, 0.717) is 6.29 Å². The average Bonchev–Trinajstić information content (AvgIpc) is 2.61. The lowest BCUT2D eigenvalue weighted by atomic mass is 10.1. The molecule has 82 valence electrons. The molecule has 1 aliphatic heterocycles. The van der Waals surface area contributed by atoms with Gasteiger partial charge in [0.25, 0.3) is 0 Å². The summed E-state index contributed by atoms with van der Waals surface area (Å²) in [5.74, 6) is -0.918. The van der Waals surface area contributed by atoms with Crippen molar-refractivity contribution in [3.8, 4) is 0 Å². The molecule has 1 unspecified atom stereocenters. The van der Waals surface area contributed by atoms with E-state index < -0.39 is 12.0 Å². The van der Waals surface area contributed by atoms with Gasteiger partial charge in [-0.15, -0.1) is 0 Å². The molecule has 0 aromatic carbocycles. The number of hydrogen-bond donors (Lipinski definition) is 0. The fourth-order valence-electron chi connectivity index (χ4n) is 1.32. The van der Waals surface area contributed by atoms with Gasteiger partial charge in [-0.2, -0.15) is 5.10 Å². The Morgan fingerprint density at radius 2 is 2.33 bits per heavy atom. The molecule has 0 saturated heterocycles. The van der Waals surface area contributed by atoms with Crippen LogP contribution in [0.2, 0.25) is 0 Å². The van der Waals surface area contributed by atoms with Crippen molar-refractivity contribution < 1.29 is 19.1 Å². The molecule has 1 rings (SSSR count). The number of hydrogen-bond acceptors (Lipinski definition) is 5. The third-order valence-corrected chi connectivity index (χ3v) is 1.95. The van der Waals surface area contributed by atoms with Crippen LogP contribution >= 0.6 is 0 Å². The van der Waals surface area contributed by atoms with Crippen LogP contribution in [0, 0.1) is 0 Å². The molecule has 0 fully saturated rings. The SMILES string of the molecule is CCOC(=O)C1CC(C=O)=NN1C(C)=O. The number of carbonyl (C=O) groups is 3. The summed E-state index contributed by atoms with van der Waals surface area (Å²) in [6.07, 6.45) is 0.664. The molecule has 0 bridgehead atoms. The van der Waals surface area contributed by atoms with Gasteiger partial charge in [-0.1, -0.05) is 0 Å². The van der Waals surface area contributed by atoms with Gasteiger partial charge in [0.1, 0.15) is 5.71 Å². The Hall–Kier alpha value is -1.72. The number of amides is 1.